The van der Waals surface area contributed by atoms with Crippen LogP contribution in [0.15, 0.2) is 35.7 Å². The SMILES string of the molecule is O=C(Cc1csc(-c2ccccc2)n1)N1CCCCCCC1. The van der Waals surface area contributed by atoms with Crippen molar-refractivity contribution in [2.75, 3.05) is 13.1 Å². The molecule has 4 heteroatoms. The molecule has 3 rings (SSSR count). The Hall–Kier alpha value is -1.68. The second-order valence-electron chi connectivity index (χ2n) is 5.84. The van der Waals surface area contributed by atoms with Gasteiger partial charge in [0, 0.05) is 24.0 Å². The fourth-order valence-electron chi connectivity index (χ4n) is 2.87. The molecule has 0 radical (unpaired) electrons. The van der Waals surface area contributed by atoms with Crippen LogP contribution in [0, 0.1) is 0 Å². The van der Waals surface area contributed by atoms with E-state index in [4.69, 9.17) is 0 Å². The molecule has 22 heavy (non-hydrogen) atoms. The highest BCUT2D eigenvalue weighted by Crippen LogP contribution is 2.23. The molecular formula is C18H22N2OS. The van der Waals surface area contributed by atoms with Gasteiger partial charge < -0.3 is 4.90 Å². The number of carbonyl (C=O) groups excluding carboxylic acids is 1. The zero-order chi connectivity index (χ0) is 15.2. The van der Waals surface area contributed by atoms with Crippen LogP contribution in [0.2, 0.25) is 0 Å². The quantitative estimate of drug-likeness (QED) is 0.853. The molecule has 1 aliphatic rings. The Bertz CT molecular complexity index is 601. The van der Waals surface area contributed by atoms with E-state index in [9.17, 15) is 4.79 Å². The highest BCUT2D eigenvalue weighted by molar-refractivity contribution is 7.13. The lowest BCUT2D eigenvalue weighted by Crippen LogP contribution is -2.34. The molecular weight excluding hydrogens is 292 g/mol. The molecule has 0 N–H and O–H groups in total. The lowest BCUT2D eigenvalue weighted by atomic mass is 10.1. The lowest BCUT2D eigenvalue weighted by Gasteiger charge is -2.24. The summed E-state index contributed by atoms with van der Waals surface area (Å²) in [5.74, 6) is 0.229. The molecule has 0 spiro atoms. The highest BCUT2D eigenvalue weighted by Gasteiger charge is 2.16. The van der Waals surface area contributed by atoms with E-state index < -0.39 is 0 Å². The molecule has 0 unspecified atom stereocenters. The molecule has 116 valence electrons. The van der Waals surface area contributed by atoms with Gasteiger partial charge in [-0.2, -0.15) is 0 Å². The van der Waals surface area contributed by atoms with Gasteiger partial charge in [0.25, 0.3) is 0 Å². The molecule has 2 aromatic rings. The van der Waals surface area contributed by atoms with Crippen LogP contribution >= 0.6 is 11.3 Å². The summed E-state index contributed by atoms with van der Waals surface area (Å²) in [5, 5.41) is 3.01. The Morgan fingerprint density at radius 3 is 2.45 bits per heavy atom. The van der Waals surface area contributed by atoms with Crippen molar-refractivity contribution in [3.8, 4) is 10.6 Å². The molecule has 1 aliphatic heterocycles. The number of hydrogen-bond acceptors (Lipinski definition) is 3. The average Bonchev–Trinajstić information content (AvgIpc) is 2.96. The van der Waals surface area contributed by atoms with Crippen molar-refractivity contribution >= 4 is 17.2 Å². The van der Waals surface area contributed by atoms with Gasteiger partial charge in [-0.25, -0.2) is 4.98 Å². The highest BCUT2D eigenvalue weighted by atomic mass is 32.1. The van der Waals surface area contributed by atoms with Crippen LogP contribution in [-0.2, 0) is 11.2 Å². The van der Waals surface area contributed by atoms with Gasteiger partial charge in [0.05, 0.1) is 12.1 Å². The number of benzene rings is 1. The first-order valence-electron chi connectivity index (χ1n) is 8.10. The van der Waals surface area contributed by atoms with E-state index in [0.29, 0.717) is 6.42 Å². The third kappa shape index (κ3) is 3.95. The monoisotopic (exact) mass is 314 g/mol. The van der Waals surface area contributed by atoms with E-state index in [2.05, 4.69) is 17.1 Å². The van der Waals surface area contributed by atoms with Crippen molar-refractivity contribution in [1.82, 2.24) is 9.88 Å². The standard InChI is InChI=1S/C18H22N2OS/c21-17(20-11-7-2-1-3-8-12-20)13-16-14-22-18(19-16)15-9-5-4-6-10-15/h4-6,9-10,14H,1-3,7-8,11-13H2. The average molecular weight is 314 g/mol. The Kier molecular flexibility index (Phi) is 5.22. The smallest absolute Gasteiger partial charge is 0.228 e. The van der Waals surface area contributed by atoms with Crippen LogP contribution in [0.3, 0.4) is 0 Å². The van der Waals surface area contributed by atoms with Crippen molar-refractivity contribution < 1.29 is 4.79 Å². The molecule has 2 heterocycles. The summed E-state index contributed by atoms with van der Waals surface area (Å²) in [6.45, 7) is 1.82. The van der Waals surface area contributed by atoms with Gasteiger partial charge in [-0.15, -0.1) is 11.3 Å². The molecule has 0 saturated carbocycles. The number of aromatic nitrogens is 1. The van der Waals surface area contributed by atoms with Crippen LogP contribution in [0.25, 0.3) is 10.6 Å². The first-order valence-corrected chi connectivity index (χ1v) is 8.98. The fourth-order valence-corrected chi connectivity index (χ4v) is 3.69. The topological polar surface area (TPSA) is 33.2 Å². The van der Waals surface area contributed by atoms with E-state index >= 15 is 0 Å². The predicted molar refractivity (Wildman–Crippen MR) is 90.9 cm³/mol. The molecule has 3 nitrogen and oxygen atoms in total. The summed E-state index contributed by atoms with van der Waals surface area (Å²) in [5.41, 5.74) is 2.02. The van der Waals surface area contributed by atoms with Gasteiger partial charge in [0.15, 0.2) is 0 Å². The van der Waals surface area contributed by atoms with Gasteiger partial charge in [-0.1, -0.05) is 49.6 Å². The van der Waals surface area contributed by atoms with Crippen LogP contribution in [0.5, 0.6) is 0 Å². The van der Waals surface area contributed by atoms with Crippen LogP contribution in [0.1, 0.15) is 37.8 Å². The summed E-state index contributed by atoms with van der Waals surface area (Å²) >= 11 is 1.62. The van der Waals surface area contributed by atoms with Crippen LogP contribution in [0.4, 0.5) is 0 Å². The number of likely N-dealkylation sites (tertiary alicyclic amines) is 1. The summed E-state index contributed by atoms with van der Waals surface area (Å²) in [7, 11) is 0. The third-order valence-electron chi connectivity index (χ3n) is 4.11. The van der Waals surface area contributed by atoms with Crippen LogP contribution in [-0.4, -0.2) is 28.9 Å². The molecule has 1 aromatic heterocycles. The van der Waals surface area contributed by atoms with Gasteiger partial charge in [-0.05, 0) is 12.8 Å². The van der Waals surface area contributed by atoms with E-state index in [1.165, 1.54) is 19.3 Å². The van der Waals surface area contributed by atoms with E-state index in [-0.39, 0.29) is 5.91 Å². The molecule has 0 bridgehead atoms. The number of nitrogens with zero attached hydrogens (tertiary/aromatic N) is 2. The minimum absolute atomic E-state index is 0.229. The molecule has 1 amide bonds. The minimum atomic E-state index is 0.229. The van der Waals surface area contributed by atoms with Gasteiger partial charge in [0.2, 0.25) is 5.91 Å². The Morgan fingerprint density at radius 1 is 1.05 bits per heavy atom. The van der Waals surface area contributed by atoms with E-state index in [0.717, 1.165) is 42.2 Å². The number of hydrogen-bond donors (Lipinski definition) is 0. The third-order valence-corrected chi connectivity index (χ3v) is 5.05. The van der Waals surface area contributed by atoms with E-state index in [1.807, 2.05) is 28.5 Å². The van der Waals surface area contributed by atoms with E-state index in [1.54, 1.807) is 11.3 Å². The second-order valence-corrected chi connectivity index (χ2v) is 6.69. The van der Waals surface area contributed by atoms with Gasteiger partial charge >= 0.3 is 0 Å². The first kappa shape index (κ1) is 15.2. The normalized spacial score (nSPS) is 16.1. The Morgan fingerprint density at radius 2 is 1.73 bits per heavy atom. The molecule has 1 saturated heterocycles. The maximum absolute atomic E-state index is 12.5. The van der Waals surface area contributed by atoms with Crippen molar-refractivity contribution in [3.05, 3.63) is 41.4 Å². The number of rotatable bonds is 3. The molecule has 1 fully saturated rings. The van der Waals surface area contributed by atoms with Gasteiger partial charge in [0.1, 0.15) is 5.01 Å². The maximum Gasteiger partial charge on any atom is 0.228 e. The largest absolute Gasteiger partial charge is 0.342 e. The Balaban J connectivity index is 1.63. The predicted octanol–water partition coefficient (Wildman–Crippen LogP) is 4.15. The maximum atomic E-state index is 12.5. The number of amides is 1. The number of carbonyl (C=O) groups is 1. The van der Waals surface area contributed by atoms with Crippen molar-refractivity contribution in [3.63, 3.8) is 0 Å². The number of thiazole rings is 1. The zero-order valence-electron chi connectivity index (χ0n) is 12.8. The minimum Gasteiger partial charge on any atom is -0.342 e. The Labute approximate surface area is 136 Å². The zero-order valence-corrected chi connectivity index (χ0v) is 13.6. The first-order chi connectivity index (χ1) is 10.8. The van der Waals surface area contributed by atoms with Gasteiger partial charge in [-0.3, -0.25) is 4.79 Å². The second kappa shape index (κ2) is 7.54. The fraction of sp³-hybridized carbons (Fsp3) is 0.444. The lowest BCUT2D eigenvalue weighted by molar-refractivity contribution is -0.130. The summed E-state index contributed by atoms with van der Waals surface area (Å²) in [6.07, 6.45) is 6.52. The molecule has 1 aromatic carbocycles. The van der Waals surface area contributed by atoms with Crippen LogP contribution < -0.4 is 0 Å². The molecule has 0 aliphatic carbocycles. The van der Waals surface area contributed by atoms with Crippen molar-refractivity contribution in [2.45, 2.75) is 38.5 Å². The van der Waals surface area contributed by atoms with Crippen molar-refractivity contribution in [1.29, 1.82) is 0 Å². The molecule has 0 atom stereocenters. The summed E-state index contributed by atoms with van der Waals surface area (Å²) in [4.78, 5) is 19.1. The van der Waals surface area contributed by atoms with Crippen molar-refractivity contribution in [2.24, 2.45) is 0 Å². The summed E-state index contributed by atoms with van der Waals surface area (Å²) in [6, 6.07) is 10.2. The summed E-state index contributed by atoms with van der Waals surface area (Å²) < 4.78 is 0.